The highest BCUT2D eigenvalue weighted by molar-refractivity contribution is 5.85. The number of hydrogen-bond donors (Lipinski definition) is 1. The third-order valence-electron chi connectivity index (χ3n) is 4.35. The second-order valence-electron chi connectivity index (χ2n) is 6.17. The molecule has 1 heterocycles. The number of hydrogen-bond acceptors (Lipinski definition) is 3. The number of rotatable bonds is 7. The number of likely N-dealkylation sites (tertiary alicyclic amines) is 1. The first-order chi connectivity index (χ1) is 12.1. The number of carbonyl (C=O) groups excluding carboxylic acids is 1. The first kappa shape index (κ1) is 17.0. The van der Waals surface area contributed by atoms with Crippen LogP contribution in [0.1, 0.15) is 24.0 Å². The number of ether oxygens (including phenoxy) is 1. The standard InChI is InChI=1S/C20H21NO4/c22-19-10-5-11-21(19)18(20(23)24)13-16-8-4-9-17(12-16)25-14-15-6-2-1-3-7-15/h1-4,6-9,12,18H,5,10-11,13-14H2,(H,23,24)/t18-/m0/s1. The van der Waals surface area contributed by atoms with Gasteiger partial charge in [0, 0.05) is 19.4 Å². The molecule has 2 aromatic carbocycles. The summed E-state index contributed by atoms with van der Waals surface area (Å²) in [7, 11) is 0. The normalized spacial score (nSPS) is 15.2. The van der Waals surface area contributed by atoms with Gasteiger partial charge in [-0.15, -0.1) is 0 Å². The molecule has 0 aromatic heterocycles. The van der Waals surface area contributed by atoms with Crippen LogP contribution in [-0.2, 0) is 22.6 Å². The van der Waals surface area contributed by atoms with E-state index >= 15 is 0 Å². The molecule has 1 fully saturated rings. The Balaban J connectivity index is 1.67. The molecule has 5 heteroatoms. The Labute approximate surface area is 146 Å². The van der Waals surface area contributed by atoms with Crippen molar-refractivity contribution in [3.8, 4) is 5.75 Å². The predicted molar refractivity (Wildman–Crippen MR) is 93.3 cm³/mol. The Hall–Kier alpha value is -2.82. The molecule has 0 unspecified atom stereocenters. The van der Waals surface area contributed by atoms with Crippen LogP contribution in [0.25, 0.3) is 0 Å². The van der Waals surface area contributed by atoms with Crippen molar-refractivity contribution in [3.05, 3.63) is 65.7 Å². The minimum Gasteiger partial charge on any atom is -0.489 e. The van der Waals surface area contributed by atoms with Crippen LogP contribution in [0.4, 0.5) is 0 Å². The summed E-state index contributed by atoms with van der Waals surface area (Å²) in [5.41, 5.74) is 1.91. The van der Waals surface area contributed by atoms with Crippen molar-refractivity contribution in [2.24, 2.45) is 0 Å². The van der Waals surface area contributed by atoms with Crippen LogP contribution in [0.15, 0.2) is 54.6 Å². The highest BCUT2D eigenvalue weighted by atomic mass is 16.5. The summed E-state index contributed by atoms with van der Waals surface area (Å²) in [6.07, 6.45) is 1.44. The minimum atomic E-state index is -0.967. The van der Waals surface area contributed by atoms with Gasteiger partial charge in [0.25, 0.3) is 0 Å². The van der Waals surface area contributed by atoms with Crippen LogP contribution in [-0.4, -0.2) is 34.5 Å². The summed E-state index contributed by atoms with van der Waals surface area (Å²) in [5, 5.41) is 9.51. The molecule has 2 aromatic rings. The smallest absolute Gasteiger partial charge is 0.326 e. The molecule has 1 aliphatic heterocycles. The zero-order chi connectivity index (χ0) is 17.6. The van der Waals surface area contributed by atoms with E-state index in [1.165, 1.54) is 4.90 Å². The molecule has 1 saturated heterocycles. The highest BCUT2D eigenvalue weighted by Gasteiger charge is 2.32. The van der Waals surface area contributed by atoms with Crippen LogP contribution < -0.4 is 4.74 Å². The van der Waals surface area contributed by atoms with E-state index in [4.69, 9.17) is 4.74 Å². The monoisotopic (exact) mass is 339 g/mol. The van der Waals surface area contributed by atoms with Gasteiger partial charge in [-0.25, -0.2) is 4.79 Å². The van der Waals surface area contributed by atoms with Crippen molar-refractivity contribution in [1.82, 2.24) is 4.90 Å². The van der Waals surface area contributed by atoms with Crippen LogP contribution in [0.2, 0.25) is 0 Å². The fourth-order valence-electron chi connectivity index (χ4n) is 3.06. The first-order valence-electron chi connectivity index (χ1n) is 8.41. The number of benzene rings is 2. The highest BCUT2D eigenvalue weighted by Crippen LogP contribution is 2.21. The molecule has 0 spiro atoms. The van der Waals surface area contributed by atoms with Gasteiger partial charge in [0.05, 0.1) is 0 Å². The molecule has 0 radical (unpaired) electrons. The fraction of sp³-hybridized carbons (Fsp3) is 0.300. The van der Waals surface area contributed by atoms with E-state index in [1.54, 1.807) is 0 Å². The number of carboxylic acids is 1. The van der Waals surface area contributed by atoms with Crippen LogP contribution in [0.5, 0.6) is 5.75 Å². The van der Waals surface area contributed by atoms with Gasteiger partial charge in [-0.1, -0.05) is 42.5 Å². The Morgan fingerprint density at radius 3 is 2.56 bits per heavy atom. The lowest BCUT2D eigenvalue weighted by atomic mass is 10.0. The quantitative estimate of drug-likeness (QED) is 0.842. The van der Waals surface area contributed by atoms with E-state index in [1.807, 2.05) is 54.6 Å². The Bertz CT molecular complexity index is 744. The molecule has 3 rings (SSSR count). The maximum absolute atomic E-state index is 11.9. The molecule has 1 amide bonds. The maximum Gasteiger partial charge on any atom is 0.326 e. The van der Waals surface area contributed by atoms with Gasteiger partial charge in [0.1, 0.15) is 18.4 Å². The molecule has 25 heavy (non-hydrogen) atoms. The summed E-state index contributed by atoms with van der Waals surface area (Å²) in [6, 6.07) is 16.4. The zero-order valence-electron chi connectivity index (χ0n) is 13.9. The molecule has 1 aliphatic rings. The van der Waals surface area contributed by atoms with Gasteiger partial charge >= 0.3 is 5.97 Å². The van der Waals surface area contributed by atoms with Crippen LogP contribution >= 0.6 is 0 Å². The Morgan fingerprint density at radius 2 is 1.88 bits per heavy atom. The van der Waals surface area contributed by atoms with E-state index in [0.717, 1.165) is 17.5 Å². The Kier molecular flexibility index (Phi) is 5.33. The lowest BCUT2D eigenvalue weighted by Crippen LogP contribution is -2.43. The SMILES string of the molecule is O=C(O)[C@H](Cc1cccc(OCc2ccccc2)c1)N1CCCC1=O. The first-order valence-corrected chi connectivity index (χ1v) is 8.41. The zero-order valence-corrected chi connectivity index (χ0v) is 13.9. The third kappa shape index (κ3) is 4.38. The summed E-state index contributed by atoms with van der Waals surface area (Å²) in [5.74, 6) is -0.354. The van der Waals surface area contributed by atoms with Crippen molar-refractivity contribution in [1.29, 1.82) is 0 Å². The molecule has 1 atom stereocenters. The van der Waals surface area contributed by atoms with Gasteiger partial charge < -0.3 is 14.7 Å². The van der Waals surface area contributed by atoms with Gasteiger partial charge in [-0.05, 0) is 29.7 Å². The van der Waals surface area contributed by atoms with Crippen molar-refractivity contribution in [3.63, 3.8) is 0 Å². The average Bonchev–Trinajstić information content (AvgIpc) is 3.04. The molecule has 0 aliphatic carbocycles. The van der Waals surface area contributed by atoms with E-state index in [9.17, 15) is 14.7 Å². The van der Waals surface area contributed by atoms with Crippen LogP contribution in [0.3, 0.4) is 0 Å². The molecule has 0 bridgehead atoms. The summed E-state index contributed by atoms with van der Waals surface area (Å²) >= 11 is 0. The van der Waals surface area contributed by atoms with Gasteiger partial charge in [-0.3, -0.25) is 4.79 Å². The van der Waals surface area contributed by atoms with Crippen molar-refractivity contribution < 1.29 is 19.4 Å². The third-order valence-corrected chi connectivity index (χ3v) is 4.35. The van der Waals surface area contributed by atoms with E-state index in [2.05, 4.69) is 0 Å². The van der Waals surface area contributed by atoms with E-state index < -0.39 is 12.0 Å². The topological polar surface area (TPSA) is 66.8 Å². The number of nitrogens with zero attached hydrogens (tertiary/aromatic N) is 1. The largest absolute Gasteiger partial charge is 0.489 e. The maximum atomic E-state index is 11.9. The molecule has 1 N–H and O–H groups in total. The summed E-state index contributed by atoms with van der Waals surface area (Å²) < 4.78 is 5.79. The second kappa shape index (κ2) is 7.83. The number of amides is 1. The van der Waals surface area contributed by atoms with E-state index in [-0.39, 0.29) is 12.3 Å². The average molecular weight is 339 g/mol. The van der Waals surface area contributed by atoms with Crippen molar-refractivity contribution in [2.75, 3.05) is 6.54 Å². The van der Waals surface area contributed by atoms with Crippen molar-refractivity contribution >= 4 is 11.9 Å². The van der Waals surface area contributed by atoms with Gasteiger partial charge in [0.2, 0.25) is 5.91 Å². The van der Waals surface area contributed by atoms with Gasteiger partial charge in [-0.2, -0.15) is 0 Å². The van der Waals surface area contributed by atoms with Crippen molar-refractivity contribution in [2.45, 2.75) is 31.9 Å². The number of carbonyl (C=O) groups is 2. The number of carboxylic acid groups (broad SMARTS) is 1. The summed E-state index contributed by atoms with van der Waals surface area (Å²) in [6.45, 7) is 0.970. The molecule has 130 valence electrons. The molecule has 0 saturated carbocycles. The number of aliphatic carboxylic acids is 1. The molecular weight excluding hydrogens is 318 g/mol. The predicted octanol–water partition coefficient (Wildman–Crippen LogP) is 2.88. The van der Waals surface area contributed by atoms with E-state index in [0.29, 0.717) is 25.3 Å². The van der Waals surface area contributed by atoms with Gasteiger partial charge in [0.15, 0.2) is 0 Å². The minimum absolute atomic E-state index is 0.0797. The Morgan fingerprint density at radius 1 is 1.12 bits per heavy atom. The summed E-state index contributed by atoms with van der Waals surface area (Å²) in [4.78, 5) is 25.0. The lowest BCUT2D eigenvalue weighted by molar-refractivity contribution is -0.148. The lowest BCUT2D eigenvalue weighted by Gasteiger charge is -2.24. The molecular formula is C20H21NO4. The second-order valence-corrected chi connectivity index (χ2v) is 6.17. The fourth-order valence-corrected chi connectivity index (χ4v) is 3.06. The van der Waals surface area contributed by atoms with Crippen LogP contribution in [0, 0.1) is 0 Å². The molecule has 5 nitrogen and oxygen atoms in total.